The Balaban J connectivity index is 2.01. The van der Waals surface area contributed by atoms with Gasteiger partial charge in [0.25, 0.3) is 0 Å². The molecule has 0 fully saturated rings. The van der Waals surface area contributed by atoms with Crippen molar-refractivity contribution in [1.29, 1.82) is 0 Å². The Hall–Kier alpha value is -1.48. The lowest BCUT2D eigenvalue weighted by Gasteiger charge is -2.20. The molecule has 20 heavy (non-hydrogen) atoms. The highest BCUT2D eigenvalue weighted by molar-refractivity contribution is 5.43. The Labute approximate surface area is 122 Å². The quantitative estimate of drug-likeness (QED) is 0.608. The molecule has 1 atom stereocenters. The molecule has 2 rings (SSSR count). The van der Waals surface area contributed by atoms with Gasteiger partial charge in [-0.1, -0.05) is 19.1 Å². The van der Waals surface area contributed by atoms with Gasteiger partial charge in [-0.2, -0.15) is 0 Å². The number of nitrogens with one attached hydrogen (secondary N) is 1. The van der Waals surface area contributed by atoms with Gasteiger partial charge in [0.2, 0.25) is 0 Å². The summed E-state index contributed by atoms with van der Waals surface area (Å²) in [7, 11) is 1.70. The molecular weight excluding hydrogens is 250 g/mol. The molecule has 0 radical (unpaired) electrons. The van der Waals surface area contributed by atoms with Crippen LogP contribution in [0.5, 0.6) is 11.5 Å². The third-order valence-electron chi connectivity index (χ3n) is 3.47. The van der Waals surface area contributed by atoms with Crippen LogP contribution in [-0.4, -0.2) is 19.8 Å². The number of benzene rings is 1. The van der Waals surface area contributed by atoms with E-state index in [0.717, 1.165) is 37.4 Å². The topological polar surface area (TPSA) is 30.5 Å². The molecule has 1 unspecified atom stereocenters. The minimum Gasteiger partial charge on any atom is -0.493 e. The van der Waals surface area contributed by atoms with E-state index >= 15 is 0 Å². The first-order valence-electron chi connectivity index (χ1n) is 7.54. The minimum absolute atomic E-state index is 0.182. The van der Waals surface area contributed by atoms with Crippen molar-refractivity contribution >= 4 is 0 Å². The second kappa shape index (κ2) is 7.95. The minimum atomic E-state index is 0.182. The molecule has 0 heterocycles. The fourth-order valence-corrected chi connectivity index (χ4v) is 2.37. The molecule has 0 aliphatic heterocycles. The van der Waals surface area contributed by atoms with Crippen molar-refractivity contribution in [1.82, 2.24) is 5.32 Å². The average molecular weight is 275 g/mol. The van der Waals surface area contributed by atoms with Crippen molar-refractivity contribution in [2.45, 2.75) is 45.3 Å². The van der Waals surface area contributed by atoms with Crippen LogP contribution in [-0.2, 0) is 6.54 Å². The van der Waals surface area contributed by atoms with Crippen LogP contribution in [0.3, 0.4) is 0 Å². The van der Waals surface area contributed by atoms with Crippen molar-refractivity contribution < 1.29 is 9.47 Å². The molecule has 1 aromatic rings. The Bertz CT molecular complexity index is 443. The van der Waals surface area contributed by atoms with Crippen LogP contribution in [0, 0.1) is 0 Å². The molecule has 3 heteroatoms. The summed E-state index contributed by atoms with van der Waals surface area (Å²) < 4.78 is 11.5. The largest absolute Gasteiger partial charge is 0.493 e. The van der Waals surface area contributed by atoms with Crippen LogP contribution < -0.4 is 14.8 Å². The van der Waals surface area contributed by atoms with E-state index in [1.807, 2.05) is 6.07 Å². The Morgan fingerprint density at radius 3 is 2.90 bits per heavy atom. The predicted molar refractivity (Wildman–Crippen MR) is 82.4 cm³/mol. The smallest absolute Gasteiger partial charge is 0.162 e. The van der Waals surface area contributed by atoms with Gasteiger partial charge in [0.15, 0.2) is 11.5 Å². The molecule has 1 N–H and O–H groups in total. The summed E-state index contributed by atoms with van der Waals surface area (Å²) in [5, 5.41) is 3.40. The average Bonchev–Trinajstić information content (AvgIpc) is 2.50. The number of methoxy groups -OCH3 is 1. The fourth-order valence-electron chi connectivity index (χ4n) is 2.37. The van der Waals surface area contributed by atoms with Crippen molar-refractivity contribution in [3.8, 4) is 11.5 Å². The molecule has 3 nitrogen and oxygen atoms in total. The second-order valence-electron chi connectivity index (χ2n) is 5.18. The number of allylic oxidation sites excluding steroid dienone is 1. The number of ether oxygens (including phenoxy) is 2. The first-order valence-corrected chi connectivity index (χ1v) is 7.54. The third-order valence-corrected chi connectivity index (χ3v) is 3.47. The van der Waals surface area contributed by atoms with Crippen LogP contribution in [0.4, 0.5) is 0 Å². The zero-order chi connectivity index (χ0) is 14.2. The van der Waals surface area contributed by atoms with Gasteiger partial charge in [-0.05, 0) is 56.0 Å². The summed E-state index contributed by atoms with van der Waals surface area (Å²) in [5.74, 6) is 1.66. The highest BCUT2D eigenvalue weighted by Crippen LogP contribution is 2.30. The number of rotatable bonds is 7. The van der Waals surface area contributed by atoms with Gasteiger partial charge < -0.3 is 14.8 Å². The normalized spacial score (nSPS) is 18.0. The van der Waals surface area contributed by atoms with E-state index in [9.17, 15) is 0 Å². The monoisotopic (exact) mass is 275 g/mol. The Morgan fingerprint density at radius 1 is 1.30 bits per heavy atom. The number of hydrogen-bond acceptors (Lipinski definition) is 3. The van der Waals surface area contributed by atoms with Crippen LogP contribution in [0.2, 0.25) is 0 Å². The summed E-state index contributed by atoms with van der Waals surface area (Å²) in [5.41, 5.74) is 1.22. The maximum Gasteiger partial charge on any atom is 0.162 e. The molecule has 1 aliphatic carbocycles. The molecule has 0 saturated carbocycles. The molecule has 110 valence electrons. The maximum absolute atomic E-state index is 6.03. The summed E-state index contributed by atoms with van der Waals surface area (Å²) in [4.78, 5) is 0. The highest BCUT2D eigenvalue weighted by Gasteiger charge is 2.13. The van der Waals surface area contributed by atoms with Crippen molar-refractivity contribution in [3.05, 3.63) is 35.9 Å². The van der Waals surface area contributed by atoms with Gasteiger partial charge in [0, 0.05) is 6.54 Å². The maximum atomic E-state index is 6.03. The lowest BCUT2D eigenvalue weighted by molar-refractivity contribution is 0.219. The predicted octanol–water partition coefficient (Wildman–Crippen LogP) is 3.68. The van der Waals surface area contributed by atoms with Gasteiger partial charge in [0.05, 0.1) is 7.11 Å². The molecule has 0 aromatic heterocycles. The SMILES string of the molecule is CCCNCc1ccc(OC2C=CCCC2)c(OC)c1. The molecule has 0 saturated heterocycles. The molecule has 0 spiro atoms. The molecule has 1 aromatic carbocycles. The zero-order valence-corrected chi connectivity index (χ0v) is 12.5. The first kappa shape index (κ1) is 14.9. The van der Waals surface area contributed by atoms with E-state index in [-0.39, 0.29) is 6.10 Å². The molecule has 0 bridgehead atoms. The lowest BCUT2D eigenvalue weighted by Crippen LogP contribution is -2.16. The molecule has 1 aliphatic rings. The fraction of sp³-hybridized carbons (Fsp3) is 0.529. The van der Waals surface area contributed by atoms with Crippen molar-refractivity contribution in [3.63, 3.8) is 0 Å². The van der Waals surface area contributed by atoms with Gasteiger partial charge in [-0.25, -0.2) is 0 Å². The first-order chi connectivity index (χ1) is 9.83. The summed E-state index contributed by atoms with van der Waals surface area (Å²) in [6.45, 7) is 4.07. The van der Waals surface area contributed by atoms with E-state index in [0.29, 0.717) is 0 Å². The Kier molecular flexibility index (Phi) is 5.93. The zero-order valence-electron chi connectivity index (χ0n) is 12.5. The van der Waals surface area contributed by atoms with Crippen molar-refractivity contribution in [2.24, 2.45) is 0 Å². The standard InChI is InChI=1S/C17H25NO2/c1-3-11-18-13-14-9-10-16(17(12-14)19-2)20-15-7-5-4-6-8-15/h5,7,9-10,12,15,18H,3-4,6,8,11,13H2,1-2H3. The second-order valence-corrected chi connectivity index (χ2v) is 5.18. The summed E-state index contributed by atoms with van der Waals surface area (Å²) in [6, 6.07) is 6.18. The highest BCUT2D eigenvalue weighted by atomic mass is 16.5. The third kappa shape index (κ3) is 4.27. The van der Waals surface area contributed by atoms with Crippen LogP contribution in [0.25, 0.3) is 0 Å². The van der Waals surface area contributed by atoms with E-state index in [2.05, 4.69) is 36.5 Å². The van der Waals surface area contributed by atoms with Gasteiger partial charge in [-0.15, -0.1) is 0 Å². The van der Waals surface area contributed by atoms with Gasteiger partial charge in [-0.3, -0.25) is 0 Å². The van der Waals surface area contributed by atoms with Gasteiger partial charge in [0.1, 0.15) is 6.10 Å². The van der Waals surface area contributed by atoms with Crippen LogP contribution in [0.1, 0.15) is 38.2 Å². The van der Waals surface area contributed by atoms with Crippen LogP contribution >= 0.6 is 0 Å². The molecular formula is C17H25NO2. The van der Waals surface area contributed by atoms with Crippen LogP contribution in [0.15, 0.2) is 30.4 Å². The van der Waals surface area contributed by atoms with Gasteiger partial charge >= 0.3 is 0 Å². The Morgan fingerprint density at radius 2 is 2.20 bits per heavy atom. The number of hydrogen-bond donors (Lipinski definition) is 1. The van der Waals surface area contributed by atoms with E-state index in [1.54, 1.807) is 7.11 Å². The van der Waals surface area contributed by atoms with E-state index in [1.165, 1.54) is 18.4 Å². The van der Waals surface area contributed by atoms with E-state index < -0.39 is 0 Å². The summed E-state index contributed by atoms with van der Waals surface area (Å²) >= 11 is 0. The molecule has 0 amide bonds. The van der Waals surface area contributed by atoms with Crippen molar-refractivity contribution in [2.75, 3.05) is 13.7 Å². The van der Waals surface area contributed by atoms with E-state index in [4.69, 9.17) is 9.47 Å². The lowest BCUT2D eigenvalue weighted by atomic mass is 10.1. The summed E-state index contributed by atoms with van der Waals surface area (Å²) in [6.07, 6.45) is 9.12.